The van der Waals surface area contributed by atoms with E-state index >= 15 is 0 Å². The number of benzene rings is 2. The quantitative estimate of drug-likeness (QED) is 0.308. The van der Waals surface area contributed by atoms with E-state index in [9.17, 15) is 9.18 Å². The zero-order valence-corrected chi connectivity index (χ0v) is 15.5. The monoisotopic (exact) mass is 400 g/mol. The smallest absolute Gasteiger partial charge is 0.230 e. The van der Waals surface area contributed by atoms with Crippen molar-refractivity contribution in [1.82, 2.24) is 9.97 Å². The second-order valence-corrected chi connectivity index (χ2v) is 7.59. The van der Waals surface area contributed by atoms with Gasteiger partial charge in [-0.25, -0.2) is 14.4 Å². The van der Waals surface area contributed by atoms with Gasteiger partial charge in [0.25, 0.3) is 0 Å². The average molecular weight is 401 g/mol. The predicted octanol–water partition coefficient (Wildman–Crippen LogP) is 6.08. The molecule has 7 heteroatoms. The van der Waals surface area contributed by atoms with E-state index in [2.05, 4.69) is 9.97 Å². The Labute approximate surface area is 161 Å². The maximum Gasteiger partial charge on any atom is 0.230 e. The third kappa shape index (κ3) is 3.11. The number of thiophene rings is 1. The Kier molecular flexibility index (Phi) is 4.72. The lowest BCUT2D eigenvalue weighted by molar-refractivity contribution is 0.108. The molecule has 0 saturated heterocycles. The molecular weight excluding hydrogens is 391 g/mol. The molecule has 0 unspecified atom stereocenters. The Hall–Kier alpha value is -2.28. The number of nitrogens with zero attached hydrogens (tertiary/aromatic N) is 2. The SMILES string of the molecule is O=C(Sc1ncnc2scc(-c3ccccc3)c12)c1c(F)cccc1Cl. The number of hydrogen-bond donors (Lipinski definition) is 0. The maximum atomic E-state index is 14.1. The molecule has 0 amide bonds. The molecular formula is C19H10ClFN2OS2. The summed E-state index contributed by atoms with van der Waals surface area (Å²) < 4.78 is 14.1. The molecule has 3 nitrogen and oxygen atoms in total. The zero-order chi connectivity index (χ0) is 18.1. The summed E-state index contributed by atoms with van der Waals surface area (Å²) in [5, 5.41) is 2.85. The fraction of sp³-hybridized carbons (Fsp3) is 0. The van der Waals surface area contributed by atoms with Crippen molar-refractivity contribution in [2.45, 2.75) is 5.03 Å². The highest BCUT2D eigenvalue weighted by Gasteiger charge is 2.21. The van der Waals surface area contributed by atoms with Crippen LogP contribution in [0.3, 0.4) is 0 Å². The molecule has 2 heterocycles. The van der Waals surface area contributed by atoms with E-state index in [1.54, 1.807) is 0 Å². The first-order valence-corrected chi connectivity index (χ1v) is 9.66. The highest BCUT2D eigenvalue weighted by Crippen LogP contribution is 2.39. The number of carbonyl (C=O) groups excluding carboxylic acids is 1. The topological polar surface area (TPSA) is 42.9 Å². The van der Waals surface area contributed by atoms with E-state index in [1.807, 2.05) is 35.7 Å². The molecule has 2 aromatic heterocycles. The first-order valence-electron chi connectivity index (χ1n) is 7.59. The van der Waals surface area contributed by atoms with E-state index < -0.39 is 10.9 Å². The van der Waals surface area contributed by atoms with Crippen molar-refractivity contribution in [2.24, 2.45) is 0 Å². The van der Waals surface area contributed by atoms with Gasteiger partial charge in [-0.1, -0.05) is 48.0 Å². The number of hydrogen-bond acceptors (Lipinski definition) is 5. The molecule has 4 rings (SSSR count). The van der Waals surface area contributed by atoms with Gasteiger partial charge in [-0.2, -0.15) is 0 Å². The number of rotatable bonds is 3. The molecule has 0 N–H and O–H groups in total. The summed E-state index contributed by atoms with van der Waals surface area (Å²) in [6.07, 6.45) is 1.41. The fourth-order valence-electron chi connectivity index (χ4n) is 2.59. The summed E-state index contributed by atoms with van der Waals surface area (Å²) in [6, 6.07) is 14.0. The van der Waals surface area contributed by atoms with Crippen molar-refractivity contribution in [1.29, 1.82) is 0 Å². The molecule has 0 aliphatic rings. The lowest BCUT2D eigenvalue weighted by Crippen LogP contribution is -2.00. The van der Waals surface area contributed by atoms with Crippen molar-refractivity contribution in [3.63, 3.8) is 0 Å². The summed E-state index contributed by atoms with van der Waals surface area (Å²) in [7, 11) is 0. The maximum absolute atomic E-state index is 14.1. The van der Waals surface area contributed by atoms with Gasteiger partial charge in [0.15, 0.2) is 0 Å². The summed E-state index contributed by atoms with van der Waals surface area (Å²) in [5.41, 5.74) is 1.82. The zero-order valence-electron chi connectivity index (χ0n) is 13.1. The van der Waals surface area contributed by atoms with Gasteiger partial charge in [-0.05, 0) is 29.5 Å². The summed E-state index contributed by atoms with van der Waals surface area (Å²) in [4.78, 5) is 22.0. The number of fused-ring (bicyclic) bond motifs is 1. The van der Waals surface area contributed by atoms with Crippen LogP contribution in [0.4, 0.5) is 4.39 Å². The summed E-state index contributed by atoms with van der Waals surface area (Å²) in [5.74, 6) is -0.645. The molecule has 0 radical (unpaired) electrons. The van der Waals surface area contributed by atoms with Gasteiger partial charge in [-0.3, -0.25) is 4.79 Å². The highest BCUT2D eigenvalue weighted by molar-refractivity contribution is 8.14. The van der Waals surface area contributed by atoms with E-state index in [4.69, 9.17) is 11.6 Å². The largest absolute Gasteiger partial charge is 0.281 e. The minimum atomic E-state index is -0.645. The van der Waals surface area contributed by atoms with Crippen molar-refractivity contribution in [3.05, 3.63) is 76.6 Å². The van der Waals surface area contributed by atoms with Crippen molar-refractivity contribution < 1.29 is 9.18 Å². The predicted molar refractivity (Wildman–Crippen MR) is 104 cm³/mol. The first-order chi connectivity index (χ1) is 12.6. The third-order valence-corrected chi connectivity index (χ3v) is 5.87. The van der Waals surface area contributed by atoms with Crippen LogP contribution in [-0.4, -0.2) is 15.1 Å². The van der Waals surface area contributed by atoms with E-state index in [-0.39, 0.29) is 10.6 Å². The van der Waals surface area contributed by atoms with Crippen molar-refractivity contribution >= 4 is 50.0 Å². The third-order valence-electron chi connectivity index (χ3n) is 3.78. The molecule has 0 fully saturated rings. The second-order valence-electron chi connectivity index (χ2n) is 5.36. The Morgan fingerprint density at radius 3 is 2.65 bits per heavy atom. The molecule has 0 aliphatic carbocycles. The van der Waals surface area contributed by atoms with Crippen LogP contribution in [0, 0.1) is 5.82 Å². The minimum Gasteiger partial charge on any atom is -0.281 e. The molecule has 0 saturated carbocycles. The Morgan fingerprint density at radius 2 is 1.88 bits per heavy atom. The fourth-order valence-corrected chi connectivity index (χ4v) is 4.77. The van der Waals surface area contributed by atoms with Gasteiger partial charge in [0.05, 0.1) is 16.0 Å². The van der Waals surface area contributed by atoms with Crippen LogP contribution in [0.25, 0.3) is 21.3 Å². The number of aromatic nitrogens is 2. The normalized spacial score (nSPS) is 11.0. The van der Waals surface area contributed by atoms with E-state index in [0.29, 0.717) is 5.03 Å². The summed E-state index contributed by atoms with van der Waals surface area (Å²) in [6.45, 7) is 0. The second kappa shape index (κ2) is 7.15. The molecule has 0 aliphatic heterocycles. The van der Waals surface area contributed by atoms with Crippen LogP contribution in [0.1, 0.15) is 10.4 Å². The molecule has 2 aromatic carbocycles. The number of thioether (sulfide) groups is 1. The van der Waals surface area contributed by atoms with Crippen LogP contribution in [-0.2, 0) is 0 Å². The van der Waals surface area contributed by atoms with Crippen molar-refractivity contribution in [2.75, 3.05) is 0 Å². The van der Waals surface area contributed by atoms with Crippen LogP contribution in [0.2, 0.25) is 5.02 Å². The Balaban J connectivity index is 1.80. The molecule has 0 spiro atoms. The highest BCUT2D eigenvalue weighted by atomic mass is 35.5. The number of carbonyl (C=O) groups is 1. The van der Waals surface area contributed by atoms with Crippen molar-refractivity contribution in [3.8, 4) is 11.1 Å². The van der Waals surface area contributed by atoms with Gasteiger partial charge < -0.3 is 0 Å². The van der Waals surface area contributed by atoms with Crippen LogP contribution in [0.5, 0.6) is 0 Å². The van der Waals surface area contributed by atoms with E-state index in [0.717, 1.165) is 33.1 Å². The van der Waals surface area contributed by atoms with Gasteiger partial charge in [0, 0.05) is 10.9 Å². The summed E-state index contributed by atoms with van der Waals surface area (Å²) >= 11 is 8.35. The van der Waals surface area contributed by atoms with Crippen LogP contribution >= 0.6 is 34.7 Å². The van der Waals surface area contributed by atoms with Crippen LogP contribution in [0.15, 0.2) is 65.3 Å². The molecule has 0 atom stereocenters. The van der Waals surface area contributed by atoms with Gasteiger partial charge in [-0.15, -0.1) is 11.3 Å². The van der Waals surface area contributed by atoms with Gasteiger partial charge in [0.1, 0.15) is 22.0 Å². The average Bonchev–Trinajstić information content (AvgIpc) is 3.07. The molecule has 4 aromatic rings. The minimum absolute atomic E-state index is 0.0846. The Morgan fingerprint density at radius 1 is 1.08 bits per heavy atom. The lowest BCUT2D eigenvalue weighted by atomic mass is 10.1. The molecule has 128 valence electrons. The standard InChI is InChI=1S/C19H10ClFN2OS2/c20-13-7-4-8-14(21)16(13)19(24)26-18-15-12(11-5-2-1-3-6-11)9-25-17(15)22-10-23-18/h1-10H. The number of halogens is 2. The lowest BCUT2D eigenvalue weighted by Gasteiger charge is -2.06. The first kappa shape index (κ1) is 17.1. The van der Waals surface area contributed by atoms with Crippen LogP contribution < -0.4 is 0 Å². The Bertz CT molecular complexity index is 1090. The van der Waals surface area contributed by atoms with Gasteiger partial charge in [0.2, 0.25) is 5.12 Å². The van der Waals surface area contributed by atoms with E-state index in [1.165, 1.54) is 35.9 Å². The molecule has 0 bridgehead atoms. The van der Waals surface area contributed by atoms with Gasteiger partial charge >= 0.3 is 0 Å². The molecule has 26 heavy (non-hydrogen) atoms.